The SMILES string of the molecule is Cc1ccc2oc(/C(N)=C(/C#N)c3cccnc3)cc2c1. The van der Waals surface area contributed by atoms with Gasteiger partial charge in [0.15, 0.2) is 5.76 Å². The van der Waals surface area contributed by atoms with E-state index in [9.17, 15) is 5.26 Å². The second kappa shape index (κ2) is 5.14. The normalized spacial score (nSPS) is 12.0. The van der Waals surface area contributed by atoms with Gasteiger partial charge in [0.2, 0.25) is 0 Å². The number of nitrogens with two attached hydrogens (primary N) is 1. The second-order valence-corrected chi connectivity index (χ2v) is 4.79. The van der Waals surface area contributed by atoms with Crippen LogP contribution in [0.15, 0.2) is 53.2 Å². The van der Waals surface area contributed by atoms with Crippen molar-refractivity contribution in [3.05, 3.63) is 65.7 Å². The van der Waals surface area contributed by atoms with Gasteiger partial charge in [-0.1, -0.05) is 17.7 Å². The molecule has 3 aromatic rings. The van der Waals surface area contributed by atoms with Crippen LogP contribution in [0.5, 0.6) is 0 Å². The van der Waals surface area contributed by atoms with E-state index >= 15 is 0 Å². The minimum Gasteiger partial charge on any atom is -0.454 e. The molecule has 0 aliphatic heterocycles. The largest absolute Gasteiger partial charge is 0.454 e. The number of rotatable bonds is 2. The van der Waals surface area contributed by atoms with E-state index in [-0.39, 0.29) is 0 Å². The van der Waals surface area contributed by atoms with Crippen LogP contribution in [0, 0.1) is 18.3 Å². The molecule has 0 aliphatic carbocycles. The highest BCUT2D eigenvalue weighted by molar-refractivity contribution is 5.96. The lowest BCUT2D eigenvalue weighted by molar-refractivity contribution is 0.599. The molecule has 0 saturated heterocycles. The number of pyridine rings is 1. The van der Waals surface area contributed by atoms with E-state index in [0.717, 1.165) is 16.5 Å². The Morgan fingerprint density at radius 3 is 2.86 bits per heavy atom. The zero-order valence-corrected chi connectivity index (χ0v) is 11.5. The average molecular weight is 275 g/mol. The molecular weight excluding hydrogens is 262 g/mol. The van der Waals surface area contributed by atoms with Gasteiger partial charge >= 0.3 is 0 Å². The fourth-order valence-corrected chi connectivity index (χ4v) is 2.21. The van der Waals surface area contributed by atoms with Crippen molar-refractivity contribution < 1.29 is 4.42 Å². The molecule has 2 aromatic heterocycles. The molecule has 0 saturated carbocycles. The number of allylic oxidation sites excluding steroid dienone is 1. The summed E-state index contributed by atoms with van der Waals surface area (Å²) in [5, 5.41) is 10.3. The standard InChI is InChI=1S/C17H13N3O/c1-11-4-5-15-13(7-11)8-16(21-15)17(19)14(9-18)12-3-2-6-20-10-12/h2-8,10H,19H2,1H3/b17-14+. The molecule has 0 atom stereocenters. The van der Waals surface area contributed by atoms with Gasteiger partial charge in [-0.05, 0) is 31.2 Å². The fraction of sp³-hybridized carbons (Fsp3) is 0.0588. The van der Waals surface area contributed by atoms with Gasteiger partial charge < -0.3 is 10.2 Å². The zero-order valence-electron chi connectivity index (χ0n) is 11.5. The van der Waals surface area contributed by atoms with Crippen molar-refractivity contribution >= 4 is 22.2 Å². The summed E-state index contributed by atoms with van der Waals surface area (Å²) < 4.78 is 5.73. The van der Waals surface area contributed by atoms with E-state index in [1.165, 1.54) is 0 Å². The Labute approximate surface area is 122 Å². The average Bonchev–Trinajstić information content (AvgIpc) is 2.92. The Morgan fingerprint density at radius 2 is 2.14 bits per heavy atom. The molecular formula is C17H13N3O. The smallest absolute Gasteiger partial charge is 0.152 e. The summed E-state index contributed by atoms with van der Waals surface area (Å²) in [4.78, 5) is 4.01. The summed E-state index contributed by atoms with van der Waals surface area (Å²) in [5.74, 6) is 0.496. The predicted molar refractivity (Wildman–Crippen MR) is 81.8 cm³/mol. The third kappa shape index (κ3) is 2.37. The topological polar surface area (TPSA) is 75.8 Å². The molecule has 2 heterocycles. The number of hydrogen-bond acceptors (Lipinski definition) is 4. The molecule has 4 heteroatoms. The first-order valence-electron chi connectivity index (χ1n) is 6.50. The minimum absolute atomic E-state index is 0.319. The van der Waals surface area contributed by atoms with E-state index in [2.05, 4.69) is 11.1 Å². The molecule has 21 heavy (non-hydrogen) atoms. The van der Waals surface area contributed by atoms with Crippen LogP contribution in [0.2, 0.25) is 0 Å². The highest BCUT2D eigenvalue weighted by atomic mass is 16.3. The quantitative estimate of drug-likeness (QED) is 0.726. The highest BCUT2D eigenvalue weighted by Gasteiger charge is 2.13. The summed E-state index contributed by atoms with van der Waals surface area (Å²) in [6.45, 7) is 2.02. The van der Waals surface area contributed by atoms with Crippen molar-refractivity contribution in [2.45, 2.75) is 6.92 Å². The monoisotopic (exact) mass is 275 g/mol. The number of aryl methyl sites for hydroxylation is 1. The van der Waals surface area contributed by atoms with Gasteiger partial charge in [-0.2, -0.15) is 5.26 Å². The Morgan fingerprint density at radius 1 is 1.29 bits per heavy atom. The molecule has 0 amide bonds. The molecule has 0 radical (unpaired) electrons. The number of nitrogens with zero attached hydrogens (tertiary/aromatic N) is 2. The molecule has 4 nitrogen and oxygen atoms in total. The first-order valence-corrected chi connectivity index (χ1v) is 6.50. The van der Waals surface area contributed by atoms with Crippen molar-refractivity contribution in [1.29, 1.82) is 5.26 Å². The number of nitriles is 1. The van der Waals surface area contributed by atoms with Crippen molar-refractivity contribution in [2.75, 3.05) is 0 Å². The van der Waals surface area contributed by atoms with Crippen LogP contribution in [-0.2, 0) is 0 Å². The Bertz CT molecular complexity index is 870. The maximum absolute atomic E-state index is 9.37. The van der Waals surface area contributed by atoms with Crippen LogP contribution >= 0.6 is 0 Å². The predicted octanol–water partition coefficient (Wildman–Crippen LogP) is 3.49. The molecule has 0 bridgehead atoms. The van der Waals surface area contributed by atoms with Gasteiger partial charge in [0.05, 0.1) is 11.3 Å². The zero-order chi connectivity index (χ0) is 14.8. The summed E-state index contributed by atoms with van der Waals surface area (Å²) in [6, 6.07) is 13.4. The molecule has 1 aromatic carbocycles. The Hall–Kier alpha value is -3.06. The summed E-state index contributed by atoms with van der Waals surface area (Å²) in [6.07, 6.45) is 3.26. The number of aromatic nitrogens is 1. The molecule has 0 spiro atoms. The minimum atomic E-state index is 0.319. The van der Waals surface area contributed by atoms with E-state index in [0.29, 0.717) is 22.6 Å². The number of fused-ring (bicyclic) bond motifs is 1. The van der Waals surface area contributed by atoms with Gasteiger partial charge in [0, 0.05) is 23.3 Å². The number of benzene rings is 1. The van der Waals surface area contributed by atoms with Crippen LogP contribution in [-0.4, -0.2) is 4.98 Å². The summed E-state index contributed by atoms with van der Waals surface area (Å²) in [7, 11) is 0. The van der Waals surface area contributed by atoms with E-state index < -0.39 is 0 Å². The fourth-order valence-electron chi connectivity index (χ4n) is 2.21. The molecule has 3 rings (SSSR count). The van der Waals surface area contributed by atoms with Gasteiger partial charge in [0.1, 0.15) is 11.7 Å². The molecule has 2 N–H and O–H groups in total. The van der Waals surface area contributed by atoms with Crippen molar-refractivity contribution in [2.24, 2.45) is 5.73 Å². The van der Waals surface area contributed by atoms with Crippen LogP contribution < -0.4 is 5.73 Å². The van der Waals surface area contributed by atoms with Crippen molar-refractivity contribution in [3.8, 4) is 6.07 Å². The molecule has 0 fully saturated rings. The van der Waals surface area contributed by atoms with E-state index in [1.54, 1.807) is 24.5 Å². The lowest BCUT2D eigenvalue weighted by Gasteiger charge is -2.02. The first kappa shape index (κ1) is 12.9. The van der Waals surface area contributed by atoms with Crippen molar-refractivity contribution in [3.63, 3.8) is 0 Å². The molecule has 0 unspecified atom stereocenters. The maximum Gasteiger partial charge on any atom is 0.152 e. The lowest BCUT2D eigenvalue weighted by atomic mass is 10.1. The first-order chi connectivity index (χ1) is 10.2. The van der Waals surface area contributed by atoms with Crippen LogP contribution in [0.4, 0.5) is 0 Å². The molecule has 0 aliphatic rings. The van der Waals surface area contributed by atoms with Gasteiger partial charge in [-0.3, -0.25) is 4.98 Å². The van der Waals surface area contributed by atoms with Gasteiger partial charge in [-0.25, -0.2) is 0 Å². The maximum atomic E-state index is 9.37. The number of furan rings is 1. The third-order valence-corrected chi connectivity index (χ3v) is 3.27. The molecule has 102 valence electrons. The Kier molecular flexibility index (Phi) is 3.17. The third-order valence-electron chi connectivity index (χ3n) is 3.27. The summed E-state index contributed by atoms with van der Waals surface area (Å²) >= 11 is 0. The Balaban J connectivity index is 2.16. The van der Waals surface area contributed by atoms with Gasteiger partial charge in [-0.15, -0.1) is 0 Å². The second-order valence-electron chi connectivity index (χ2n) is 4.79. The van der Waals surface area contributed by atoms with Crippen molar-refractivity contribution in [1.82, 2.24) is 4.98 Å². The van der Waals surface area contributed by atoms with Crippen LogP contribution in [0.1, 0.15) is 16.9 Å². The van der Waals surface area contributed by atoms with Crippen LogP contribution in [0.3, 0.4) is 0 Å². The summed E-state index contributed by atoms with van der Waals surface area (Å²) in [5.41, 5.74) is 9.37. The van der Waals surface area contributed by atoms with Gasteiger partial charge in [0.25, 0.3) is 0 Å². The van der Waals surface area contributed by atoms with E-state index in [4.69, 9.17) is 10.2 Å². The van der Waals surface area contributed by atoms with Crippen LogP contribution in [0.25, 0.3) is 22.2 Å². The highest BCUT2D eigenvalue weighted by Crippen LogP contribution is 2.27. The number of hydrogen-bond donors (Lipinski definition) is 1. The lowest BCUT2D eigenvalue weighted by Crippen LogP contribution is -1.99. The van der Waals surface area contributed by atoms with E-state index in [1.807, 2.05) is 31.2 Å².